The molecular weight excluding hydrogens is 126 g/mol. The molecule has 0 aliphatic heterocycles. The van der Waals surface area contributed by atoms with Crippen LogP contribution in [0, 0.1) is 5.92 Å². The molecule has 10 heavy (non-hydrogen) atoms. The van der Waals surface area contributed by atoms with Gasteiger partial charge in [0.1, 0.15) is 0 Å². The minimum Gasteiger partial charge on any atom is -0.330 e. The highest BCUT2D eigenvalue weighted by molar-refractivity contribution is 5.04. The van der Waals surface area contributed by atoms with Crippen LogP contribution in [0.3, 0.4) is 0 Å². The third kappa shape index (κ3) is 3.15. The summed E-state index contributed by atoms with van der Waals surface area (Å²) in [4.78, 5) is 0. The highest BCUT2D eigenvalue weighted by Gasteiger charge is 2.17. The molecule has 3 nitrogen and oxygen atoms in total. The predicted octanol–water partition coefficient (Wildman–Crippen LogP) is -0.396. The average Bonchev–Trinajstić information content (AvgIpc) is 1.81. The second-order valence-corrected chi connectivity index (χ2v) is 2.69. The Hall–Kier alpha value is -0.120. The van der Waals surface area contributed by atoms with Crippen LogP contribution in [0.15, 0.2) is 0 Å². The van der Waals surface area contributed by atoms with Gasteiger partial charge in [-0.05, 0) is 26.8 Å². The Labute approximate surface area is 62.9 Å². The topological polar surface area (TPSA) is 78.1 Å². The van der Waals surface area contributed by atoms with Crippen molar-refractivity contribution in [2.24, 2.45) is 17.2 Å². The van der Waals surface area contributed by atoms with Crippen molar-refractivity contribution in [2.45, 2.75) is 32.4 Å². The molecule has 0 fully saturated rings. The van der Waals surface area contributed by atoms with Crippen LogP contribution < -0.4 is 17.2 Å². The number of hydrogen-bond donors (Lipinski definition) is 3. The fourth-order valence-electron chi connectivity index (χ4n) is 1.04. The molecule has 0 saturated carbocycles. The highest BCUT2D eigenvalue weighted by Crippen LogP contribution is 2.11. The van der Waals surface area contributed by atoms with E-state index in [4.69, 9.17) is 17.2 Å². The van der Waals surface area contributed by atoms with E-state index < -0.39 is 0 Å². The zero-order valence-corrected chi connectivity index (χ0v) is 6.80. The molecule has 0 amide bonds. The van der Waals surface area contributed by atoms with Crippen molar-refractivity contribution in [3.05, 3.63) is 5.92 Å². The Bertz CT molecular complexity index is 72.9. The monoisotopic (exact) mass is 144 g/mol. The summed E-state index contributed by atoms with van der Waals surface area (Å²) in [5.41, 5.74) is 16.7. The van der Waals surface area contributed by atoms with Gasteiger partial charge >= 0.3 is 0 Å². The Morgan fingerprint density at radius 3 is 1.70 bits per heavy atom. The van der Waals surface area contributed by atoms with Crippen LogP contribution in [0.1, 0.15) is 20.3 Å². The van der Waals surface area contributed by atoms with Gasteiger partial charge < -0.3 is 17.2 Å². The first kappa shape index (κ1) is 9.88. The van der Waals surface area contributed by atoms with Crippen LogP contribution in [-0.4, -0.2) is 18.6 Å². The van der Waals surface area contributed by atoms with Crippen LogP contribution in [0.25, 0.3) is 0 Å². The molecule has 0 rings (SSSR count). The lowest BCUT2D eigenvalue weighted by Crippen LogP contribution is -2.38. The van der Waals surface area contributed by atoms with Gasteiger partial charge in [0.2, 0.25) is 0 Å². The maximum Gasteiger partial charge on any atom is 0.00982 e. The van der Waals surface area contributed by atoms with Crippen molar-refractivity contribution in [1.29, 1.82) is 0 Å². The summed E-state index contributed by atoms with van der Waals surface area (Å²) in [6.07, 6.45) is 0.843. The van der Waals surface area contributed by atoms with Crippen molar-refractivity contribution in [1.82, 2.24) is 0 Å². The molecule has 1 radical (unpaired) electrons. The molecule has 6 N–H and O–H groups in total. The van der Waals surface area contributed by atoms with Gasteiger partial charge in [-0.25, -0.2) is 0 Å². The summed E-state index contributed by atoms with van der Waals surface area (Å²) < 4.78 is 0. The first-order valence-electron chi connectivity index (χ1n) is 3.66. The molecular formula is C7H18N3. The molecule has 0 aliphatic rings. The van der Waals surface area contributed by atoms with Gasteiger partial charge in [0.05, 0.1) is 0 Å². The minimum atomic E-state index is 0.0727. The first-order chi connectivity index (χ1) is 4.59. The summed E-state index contributed by atoms with van der Waals surface area (Å²) >= 11 is 0. The molecule has 0 saturated heterocycles. The number of nitrogens with two attached hydrogens (primary N) is 3. The standard InChI is InChI=1S/C7H18N3/c1-5(9)7(3-4-8)6(2)10/h5-6H,3-4,8-10H2,1-2H3. The van der Waals surface area contributed by atoms with E-state index in [2.05, 4.69) is 0 Å². The smallest absolute Gasteiger partial charge is 0.00982 e. The van der Waals surface area contributed by atoms with Gasteiger partial charge in [0.15, 0.2) is 0 Å². The van der Waals surface area contributed by atoms with E-state index in [-0.39, 0.29) is 12.1 Å². The van der Waals surface area contributed by atoms with Crippen molar-refractivity contribution in [2.75, 3.05) is 6.54 Å². The largest absolute Gasteiger partial charge is 0.330 e. The van der Waals surface area contributed by atoms with E-state index >= 15 is 0 Å². The third-order valence-corrected chi connectivity index (χ3v) is 1.60. The van der Waals surface area contributed by atoms with E-state index in [0.29, 0.717) is 6.54 Å². The Kier molecular flexibility index (Phi) is 4.60. The van der Waals surface area contributed by atoms with Crippen molar-refractivity contribution < 1.29 is 0 Å². The summed E-state index contributed by atoms with van der Waals surface area (Å²) in [5, 5.41) is 0. The van der Waals surface area contributed by atoms with Crippen LogP contribution in [0.5, 0.6) is 0 Å². The van der Waals surface area contributed by atoms with Gasteiger partial charge in [-0.3, -0.25) is 0 Å². The SMILES string of the molecule is CC(N)[C](CCN)C(C)N. The number of hydrogen-bond acceptors (Lipinski definition) is 3. The van der Waals surface area contributed by atoms with Gasteiger partial charge in [-0.1, -0.05) is 0 Å². The maximum atomic E-state index is 5.65. The normalized spacial score (nSPS) is 17.4. The van der Waals surface area contributed by atoms with Crippen molar-refractivity contribution >= 4 is 0 Å². The Balaban J connectivity index is 3.73. The molecule has 61 valence electrons. The van der Waals surface area contributed by atoms with E-state index in [1.807, 2.05) is 13.8 Å². The van der Waals surface area contributed by atoms with Crippen LogP contribution in [-0.2, 0) is 0 Å². The van der Waals surface area contributed by atoms with E-state index in [0.717, 1.165) is 12.3 Å². The van der Waals surface area contributed by atoms with E-state index in [1.54, 1.807) is 0 Å². The fraction of sp³-hybridized carbons (Fsp3) is 0.857. The molecule has 0 aromatic heterocycles. The van der Waals surface area contributed by atoms with Gasteiger partial charge in [-0.2, -0.15) is 0 Å². The van der Waals surface area contributed by atoms with Crippen LogP contribution in [0.2, 0.25) is 0 Å². The molecule has 0 aromatic carbocycles. The minimum absolute atomic E-state index is 0.0727. The predicted molar refractivity (Wildman–Crippen MR) is 44.2 cm³/mol. The zero-order valence-electron chi connectivity index (χ0n) is 6.80. The van der Waals surface area contributed by atoms with Gasteiger partial charge in [0.25, 0.3) is 0 Å². The highest BCUT2D eigenvalue weighted by atomic mass is 14.7. The molecule has 0 bridgehead atoms. The van der Waals surface area contributed by atoms with E-state index in [9.17, 15) is 0 Å². The summed E-state index contributed by atoms with van der Waals surface area (Å²) in [6.45, 7) is 4.51. The Morgan fingerprint density at radius 2 is 1.60 bits per heavy atom. The molecule has 3 heteroatoms. The van der Waals surface area contributed by atoms with Crippen molar-refractivity contribution in [3.8, 4) is 0 Å². The molecule has 0 aliphatic carbocycles. The third-order valence-electron chi connectivity index (χ3n) is 1.60. The van der Waals surface area contributed by atoms with Gasteiger partial charge in [0, 0.05) is 18.0 Å². The molecule has 2 unspecified atom stereocenters. The zero-order chi connectivity index (χ0) is 8.15. The van der Waals surface area contributed by atoms with Crippen molar-refractivity contribution in [3.63, 3.8) is 0 Å². The van der Waals surface area contributed by atoms with Crippen LogP contribution >= 0.6 is 0 Å². The lowest BCUT2D eigenvalue weighted by molar-refractivity contribution is 0.573. The van der Waals surface area contributed by atoms with Gasteiger partial charge in [-0.15, -0.1) is 0 Å². The molecule has 0 aromatic rings. The lowest BCUT2D eigenvalue weighted by Gasteiger charge is -2.22. The summed E-state index contributed by atoms with van der Waals surface area (Å²) in [7, 11) is 0. The number of rotatable bonds is 4. The molecule has 2 atom stereocenters. The summed E-state index contributed by atoms with van der Waals surface area (Å²) in [5.74, 6) is 1.16. The second-order valence-electron chi connectivity index (χ2n) is 2.69. The summed E-state index contributed by atoms with van der Waals surface area (Å²) in [6, 6.07) is 0.145. The maximum absolute atomic E-state index is 5.65. The van der Waals surface area contributed by atoms with E-state index in [1.165, 1.54) is 0 Å². The van der Waals surface area contributed by atoms with Crippen LogP contribution in [0.4, 0.5) is 0 Å². The fourth-order valence-corrected chi connectivity index (χ4v) is 1.04. The Morgan fingerprint density at radius 1 is 1.20 bits per heavy atom. The first-order valence-corrected chi connectivity index (χ1v) is 3.66. The second kappa shape index (κ2) is 4.66. The molecule has 0 spiro atoms. The lowest BCUT2D eigenvalue weighted by atomic mass is 9.92. The average molecular weight is 144 g/mol. The molecule has 0 heterocycles. The quantitative estimate of drug-likeness (QED) is 0.502.